The maximum atomic E-state index is 11.9. The third-order valence-electron chi connectivity index (χ3n) is 2.88. The zero-order chi connectivity index (χ0) is 13.6. The lowest BCUT2D eigenvalue weighted by Crippen LogP contribution is -2.13. The summed E-state index contributed by atoms with van der Waals surface area (Å²) < 4.78 is 23.8. The molecule has 4 heteroatoms. The number of sulfone groups is 1. The van der Waals surface area contributed by atoms with Gasteiger partial charge >= 0.3 is 0 Å². The van der Waals surface area contributed by atoms with Crippen molar-refractivity contribution in [2.75, 3.05) is 0 Å². The molecule has 0 aliphatic heterocycles. The van der Waals surface area contributed by atoms with E-state index in [1.807, 2.05) is 12.1 Å². The number of aryl methyl sites for hydroxylation is 1. The molecule has 0 spiro atoms. The molecule has 98 valence electrons. The van der Waals surface area contributed by atoms with Crippen molar-refractivity contribution in [1.29, 1.82) is 5.26 Å². The molecule has 0 saturated carbocycles. The van der Waals surface area contributed by atoms with E-state index in [0.717, 1.165) is 24.8 Å². The SMILES string of the molecule is CC(C)S(=O)(=O)c1ccc(CCCCC#N)cc1. The second-order valence-corrected chi connectivity index (χ2v) is 7.11. The predicted octanol–water partition coefficient (Wildman–Crippen LogP) is 3.11. The Kier molecular flexibility index (Phi) is 5.36. The summed E-state index contributed by atoms with van der Waals surface area (Å²) in [5.41, 5.74) is 1.12. The minimum atomic E-state index is -3.17. The molecule has 0 amide bonds. The van der Waals surface area contributed by atoms with Crippen LogP contribution in [0.15, 0.2) is 29.2 Å². The van der Waals surface area contributed by atoms with Gasteiger partial charge in [0.1, 0.15) is 0 Å². The molecule has 0 heterocycles. The van der Waals surface area contributed by atoms with Crippen molar-refractivity contribution in [1.82, 2.24) is 0 Å². The van der Waals surface area contributed by atoms with E-state index in [2.05, 4.69) is 6.07 Å². The van der Waals surface area contributed by atoms with Crippen molar-refractivity contribution >= 4 is 9.84 Å². The first kappa shape index (κ1) is 14.7. The Bertz CT molecular complexity index is 510. The molecule has 0 fully saturated rings. The summed E-state index contributed by atoms with van der Waals surface area (Å²) in [4.78, 5) is 0.387. The zero-order valence-corrected chi connectivity index (χ0v) is 11.7. The Morgan fingerprint density at radius 2 is 1.78 bits per heavy atom. The van der Waals surface area contributed by atoms with Gasteiger partial charge in [-0.1, -0.05) is 12.1 Å². The monoisotopic (exact) mass is 265 g/mol. The highest BCUT2D eigenvalue weighted by Crippen LogP contribution is 2.17. The first-order valence-corrected chi connectivity index (χ1v) is 7.73. The number of nitrogens with zero attached hydrogens (tertiary/aromatic N) is 1. The zero-order valence-electron chi connectivity index (χ0n) is 10.9. The summed E-state index contributed by atoms with van der Waals surface area (Å²) in [6.45, 7) is 3.37. The summed E-state index contributed by atoms with van der Waals surface area (Å²) in [5, 5.41) is 8.03. The van der Waals surface area contributed by atoms with Crippen molar-refractivity contribution in [2.24, 2.45) is 0 Å². The molecule has 0 atom stereocenters. The van der Waals surface area contributed by atoms with Crippen LogP contribution in [0.25, 0.3) is 0 Å². The third-order valence-corrected chi connectivity index (χ3v) is 5.05. The molecule has 0 aliphatic rings. The molecule has 0 N–H and O–H groups in total. The van der Waals surface area contributed by atoms with E-state index in [1.165, 1.54) is 0 Å². The average Bonchev–Trinajstić information content (AvgIpc) is 2.35. The molecule has 18 heavy (non-hydrogen) atoms. The molecule has 0 bridgehead atoms. The maximum absolute atomic E-state index is 11.9. The summed E-state index contributed by atoms with van der Waals surface area (Å²) in [6.07, 6.45) is 3.33. The standard InChI is InChI=1S/C14H19NO2S/c1-12(2)18(16,17)14-9-7-13(8-10-14)6-4-3-5-11-15/h7-10,12H,3-6H2,1-2H3. The second-order valence-electron chi connectivity index (χ2n) is 4.60. The van der Waals surface area contributed by atoms with Crippen LogP contribution >= 0.6 is 0 Å². The van der Waals surface area contributed by atoms with Crippen LogP contribution in [-0.2, 0) is 16.3 Å². The lowest BCUT2D eigenvalue weighted by molar-refractivity contribution is 0.587. The average molecular weight is 265 g/mol. The van der Waals surface area contributed by atoms with Crippen LogP contribution in [0.4, 0.5) is 0 Å². The van der Waals surface area contributed by atoms with Gasteiger partial charge in [0, 0.05) is 6.42 Å². The van der Waals surface area contributed by atoms with Crippen LogP contribution in [0.5, 0.6) is 0 Å². The maximum Gasteiger partial charge on any atom is 0.180 e. The molecule has 0 unspecified atom stereocenters. The second kappa shape index (κ2) is 6.55. The normalized spacial score (nSPS) is 11.4. The molecule has 0 saturated heterocycles. The fourth-order valence-corrected chi connectivity index (χ4v) is 2.71. The van der Waals surface area contributed by atoms with E-state index in [1.54, 1.807) is 26.0 Å². The highest BCUT2D eigenvalue weighted by molar-refractivity contribution is 7.92. The first-order valence-electron chi connectivity index (χ1n) is 6.18. The summed E-state index contributed by atoms with van der Waals surface area (Å²) >= 11 is 0. The topological polar surface area (TPSA) is 57.9 Å². The van der Waals surface area contributed by atoms with E-state index in [4.69, 9.17) is 5.26 Å². The molecule has 0 aromatic heterocycles. The van der Waals surface area contributed by atoms with Gasteiger partial charge in [0.25, 0.3) is 0 Å². The lowest BCUT2D eigenvalue weighted by Gasteiger charge is -2.08. The van der Waals surface area contributed by atoms with E-state index in [0.29, 0.717) is 11.3 Å². The van der Waals surface area contributed by atoms with Gasteiger partial charge in [0.15, 0.2) is 9.84 Å². The highest BCUT2D eigenvalue weighted by Gasteiger charge is 2.18. The van der Waals surface area contributed by atoms with Crippen molar-refractivity contribution in [3.8, 4) is 6.07 Å². The predicted molar refractivity (Wildman–Crippen MR) is 71.9 cm³/mol. The summed E-state index contributed by atoms with van der Waals surface area (Å²) in [6, 6.07) is 9.19. The largest absolute Gasteiger partial charge is 0.223 e. The van der Waals surface area contributed by atoms with E-state index in [-0.39, 0.29) is 5.25 Å². The quantitative estimate of drug-likeness (QED) is 0.743. The Morgan fingerprint density at radius 3 is 2.28 bits per heavy atom. The smallest absolute Gasteiger partial charge is 0.180 e. The molecular weight excluding hydrogens is 246 g/mol. The van der Waals surface area contributed by atoms with E-state index in [9.17, 15) is 8.42 Å². The fourth-order valence-electron chi connectivity index (χ4n) is 1.65. The van der Waals surface area contributed by atoms with Crippen LogP contribution in [0.2, 0.25) is 0 Å². The highest BCUT2D eigenvalue weighted by atomic mass is 32.2. The van der Waals surface area contributed by atoms with Crippen LogP contribution in [0.3, 0.4) is 0 Å². The first-order chi connectivity index (χ1) is 8.48. The number of hydrogen-bond acceptors (Lipinski definition) is 3. The van der Waals surface area contributed by atoms with Crippen molar-refractivity contribution in [3.05, 3.63) is 29.8 Å². The van der Waals surface area contributed by atoms with Gasteiger partial charge in [0.2, 0.25) is 0 Å². The van der Waals surface area contributed by atoms with Gasteiger partial charge < -0.3 is 0 Å². The Hall–Kier alpha value is -1.34. The summed E-state index contributed by atoms with van der Waals surface area (Å²) in [7, 11) is -3.17. The van der Waals surface area contributed by atoms with Crippen LogP contribution in [0, 0.1) is 11.3 Å². The lowest BCUT2D eigenvalue weighted by atomic mass is 10.1. The number of benzene rings is 1. The van der Waals surface area contributed by atoms with E-state index >= 15 is 0 Å². The van der Waals surface area contributed by atoms with Crippen molar-refractivity contribution < 1.29 is 8.42 Å². The van der Waals surface area contributed by atoms with E-state index < -0.39 is 9.84 Å². The van der Waals surface area contributed by atoms with Gasteiger partial charge in [0.05, 0.1) is 16.2 Å². The van der Waals surface area contributed by atoms with Gasteiger partial charge in [-0.2, -0.15) is 5.26 Å². The van der Waals surface area contributed by atoms with Crippen molar-refractivity contribution in [3.63, 3.8) is 0 Å². The van der Waals surface area contributed by atoms with Gasteiger partial charge in [-0.3, -0.25) is 0 Å². The minimum Gasteiger partial charge on any atom is -0.223 e. The van der Waals surface area contributed by atoms with Crippen LogP contribution in [-0.4, -0.2) is 13.7 Å². The fraction of sp³-hybridized carbons (Fsp3) is 0.500. The summed E-state index contributed by atoms with van der Waals surface area (Å²) in [5.74, 6) is 0. The molecule has 1 aromatic rings. The number of nitriles is 1. The molecular formula is C14H19NO2S. The molecule has 0 radical (unpaired) electrons. The Balaban J connectivity index is 2.67. The van der Waals surface area contributed by atoms with Crippen molar-refractivity contribution in [2.45, 2.75) is 49.7 Å². The molecule has 0 aliphatic carbocycles. The Morgan fingerprint density at radius 1 is 1.17 bits per heavy atom. The number of hydrogen-bond donors (Lipinski definition) is 0. The molecule has 3 nitrogen and oxygen atoms in total. The Labute approximate surface area is 109 Å². The third kappa shape index (κ3) is 3.85. The number of rotatable bonds is 6. The van der Waals surface area contributed by atoms with Gasteiger partial charge in [-0.05, 0) is 50.8 Å². The van der Waals surface area contributed by atoms with Crippen LogP contribution in [0.1, 0.15) is 38.7 Å². The van der Waals surface area contributed by atoms with Gasteiger partial charge in [-0.15, -0.1) is 0 Å². The van der Waals surface area contributed by atoms with Crippen LogP contribution < -0.4 is 0 Å². The van der Waals surface area contributed by atoms with Gasteiger partial charge in [-0.25, -0.2) is 8.42 Å². The molecule has 1 rings (SSSR count). The minimum absolute atomic E-state index is 0.387. The molecule has 1 aromatic carbocycles. The number of unbranched alkanes of at least 4 members (excludes halogenated alkanes) is 2.